The van der Waals surface area contributed by atoms with E-state index in [1.165, 1.54) is 43.5 Å². The van der Waals surface area contributed by atoms with Crippen molar-refractivity contribution in [2.45, 2.75) is 45.1 Å². The third-order valence-electron chi connectivity index (χ3n) is 7.14. The first-order valence-corrected chi connectivity index (χ1v) is 12.7. The summed E-state index contributed by atoms with van der Waals surface area (Å²) in [5.74, 6) is 1.65. The second-order valence-electron chi connectivity index (χ2n) is 9.66. The molecule has 0 unspecified atom stereocenters. The van der Waals surface area contributed by atoms with Crippen molar-refractivity contribution in [3.63, 3.8) is 0 Å². The molecular formula is C28H36N6. The molecule has 0 amide bonds. The zero-order chi connectivity index (χ0) is 23.3. The van der Waals surface area contributed by atoms with E-state index in [1.807, 2.05) is 6.20 Å². The highest BCUT2D eigenvalue weighted by molar-refractivity contribution is 5.66. The zero-order valence-corrected chi connectivity index (χ0v) is 20.5. The van der Waals surface area contributed by atoms with Gasteiger partial charge in [0, 0.05) is 61.0 Å². The van der Waals surface area contributed by atoms with Gasteiger partial charge in [0.15, 0.2) is 0 Å². The lowest BCUT2D eigenvalue weighted by Gasteiger charge is -2.36. The Morgan fingerprint density at radius 2 is 1.59 bits per heavy atom. The van der Waals surface area contributed by atoms with Crippen LogP contribution < -0.4 is 15.1 Å². The highest BCUT2D eigenvalue weighted by atomic mass is 15.3. The fraction of sp³-hybridized carbons (Fsp3) is 0.429. The number of hydrogen-bond donors (Lipinski definition) is 1. The minimum atomic E-state index is 0.473. The maximum absolute atomic E-state index is 5.03. The molecule has 178 valence electrons. The normalized spacial score (nSPS) is 17.5. The van der Waals surface area contributed by atoms with Crippen molar-refractivity contribution < 1.29 is 0 Å². The second-order valence-corrected chi connectivity index (χ2v) is 9.66. The van der Waals surface area contributed by atoms with Crippen LogP contribution in [0.3, 0.4) is 0 Å². The molecule has 1 N–H and O–H groups in total. The lowest BCUT2D eigenvalue weighted by atomic mass is 9.93. The van der Waals surface area contributed by atoms with Crippen molar-refractivity contribution in [2.24, 2.45) is 0 Å². The zero-order valence-electron chi connectivity index (χ0n) is 20.5. The Labute approximate surface area is 203 Å². The molecule has 0 radical (unpaired) electrons. The predicted molar refractivity (Wildman–Crippen MR) is 142 cm³/mol. The molecule has 1 saturated carbocycles. The van der Waals surface area contributed by atoms with Crippen LogP contribution in [0, 0.1) is 6.92 Å². The molecule has 1 aliphatic carbocycles. The van der Waals surface area contributed by atoms with E-state index in [9.17, 15) is 0 Å². The maximum atomic E-state index is 5.03. The molecule has 1 aliphatic heterocycles. The van der Waals surface area contributed by atoms with Crippen molar-refractivity contribution >= 4 is 28.8 Å². The lowest BCUT2D eigenvalue weighted by Crippen LogP contribution is -2.44. The van der Waals surface area contributed by atoms with E-state index in [1.54, 1.807) is 0 Å². The Morgan fingerprint density at radius 3 is 2.29 bits per heavy atom. The standard InChI is InChI=1S/C28H36N6/c1-22-21-29-28(30-23-13-15-24(16-14-23)33-19-17-32(2)18-20-33)31-27(22)34(25-9-5-3-6-10-25)26-11-7-4-8-12-26/h3,5-6,9-10,13-16,21,26H,4,7-8,11-12,17-20H2,1-2H3,(H,29,30,31). The van der Waals surface area contributed by atoms with Crippen LogP contribution in [-0.2, 0) is 0 Å². The molecule has 2 aromatic carbocycles. The van der Waals surface area contributed by atoms with Crippen molar-refractivity contribution in [2.75, 3.05) is 48.3 Å². The molecule has 6 heteroatoms. The molecule has 3 aromatic rings. The van der Waals surface area contributed by atoms with Crippen LogP contribution in [-0.4, -0.2) is 54.1 Å². The highest BCUT2D eigenvalue weighted by Crippen LogP contribution is 2.35. The summed E-state index contributed by atoms with van der Waals surface area (Å²) >= 11 is 0. The first-order valence-electron chi connectivity index (χ1n) is 12.7. The van der Waals surface area contributed by atoms with Gasteiger partial charge < -0.3 is 20.0 Å². The number of hydrogen-bond acceptors (Lipinski definition) is 6. The number of piperazine rings is 1. The number of likely N-dealkylation sites (N-methyl/N-ethyl adjacent to an activating group) is 1. The Hall–Kier alpha value is -3.12. The molecule has 5 rings (SSSR count). The fourth-order valence-electron chi connectivity index (χ4n) is 5.12. The Balaban J connectivity index is 1.37. The Bertz CT molecular complexity index is 1050. The summed E-state index contributed by atoms with van der Waals surface area (Å²) < 4.78 is 0. The molecule has 0 bridgehead atoms. The molecule has 0 spiro atoms. The monoisotopic (exact) mass is 456 g/mol. The Morgan fingerprint density at radius 1 is 0.882 bits per heavy atom. The summed E-state index contributed by atoms with van der Waals surface area (Å²) in [7, 11) is 2.19. The van der Waals surface area contributed by atoms with Gasteiger partial charge in [-0.1, -0.05) is 37.5 Å². The number of aryl methyl sites for hydroxylation is 1. The first kappa shape index (κ1) is 22.7. The van der Waals surface area contributed by atoms with Crippen molar-refractivity contribution in [3.05, 3.63) is 66.4 Å². The van der Waals surface area contributed by atoms with E-state index in [-0.39, 0.29) is 0 Å². The molecule has 1 saturated heterocycles. The van der Waals surface area contributed by atoms with E-state index >= 15 is 0 Å². The van der Waals surface area contributed by atoms with Gasteiger partial charge in [0.1, 0.15) is 5.82 Å². The molecule has 2 aliphatic rings. The van der Waals surface area contributed by atoms with Crippen molar-refractivity contribution in [1.29, 1.82) is 0 Å². The molecule has 0 atom stereocenters. The smallest absolute Gasteiger partial charge is 0.229 e. The van der Waals surface area contributed by atoms with E-state index < -0.39 is 0 Å². The number of aromatic nitrogens is 2. The predicted octanol–water partition coefficient (Wildman–Crippen LogP) is 5.75. The largest absolute Gasteiger partial charge is 0.369 e. The van der Waals surface area contributed by atoms with Gasteiger partial charge in [-0.05, 0) is 63.2 Å². The summed E-state index contributed by atoms with van der Waals surface area (Å²) in [5, 5.41) is 3.44. The molecule has 6 nitrogen and oxygen atoms in total. The van der Waals surface area contributed by atoms with Crippen LogP contribution in [0.5, 0.6) is 0 Å². The third kappa shape index (κ3) is 5.17. The van der Waals surface area contributed by atoms with Crippen LogP contribution >= 0.6 is 0 Å². The van der Waals surface area contributed by atoms with Crippen LogP contribution in [0.15, 0.2) is 60.8 Å². The van der Waals surface area contributed by atoms with E-state index in [4.69, 9.17) is 4.98 Å². The average molecular weight is 457 g/mol. The summed E-state index contributed by atoms with van der Waals surface area (Å²) in [5.41, 5.74) is 4.59. The fourth-order valence-corrected chi connectivity index (χ4v) is 5.12. The maximum Gasteiger partial charge on any atom is 0.229 e. The van der Waals surface area contributed by atoms with Crippen LogP contribution in [0.2, 0.25) is 0 Å². The topological polar surface area (TPSA) is 47.5 Å². The van der Waals surface area contributed by atoms with Gasteiger partial charge in [-0.2, -0.15) is 4.98 Å². The van der Waals surface area contributed by atoms with Crippen molar-refractivity contribution in [1.82, 2.24) is 14.9 Å². The molecule has 34 heavy (non-hydrogen) atoms. The van der Waals surface area contributed by atoms with E-state index in [0.29, 0.717) is 12.0 Å². The van der Waals surface area contributed by atoms with Gasteiger partial charge in [0.2, 0.25) is 5.95 Å². The first-order chi connectivity index (χ1) is 16.7. The van der Waals surface area contributed by atoms with Gasteiger partial charge in [-0.3, -0.25) is 0 Å². The number of anilines is 5. The van der Waals surface area contributed by atoms with Gasteiger partial charge in [0.25, 0.3) is 0 Å². The highest BCUT2D eigenvalue weighted by Gasteiger charge is 2.25. The van der Waals surface area contributed by atoms with Crippen molar-refractivity contribution in [3.8, 4) is 0 Å². The molecule has 2 heterocycles. The molecular weight excluding hydrogens is 420 g/mol. The van der Waals surface area contributed by atoms with Crippen LogP contribution in [0.4, 0.5) is 28.8 Å². The second kappa shape index (κ2) is 10.4. The Kier molecular flexibility index (Phi) is 6.95. The minimum Gasteiger partial charge on any atom is -0.369 e. The molecule has 1 aromatic heterocycles. The summed E-state index contributed by atoms with van der Waals surface area (Å²) in [6, 6.07) is 19.8. The van der Waals surface area contributed by atoms with E-state index in [2.05, 4.69) is 93.6 Å². The summed E-state index contributed by atoms with van der Waals surface area (Å²) in [4.78, 5) is 16.9. The van der Waals surface area contributed by atoms with Gasteiger partial charge in [-0.25, -0.2) is 4.98 Å². The lowest BCUT2D eigenvalue weighted by molar-refractivity contribution is 0.313. The minimum absolute atomic E-state index is 0.473. The number of para-hydroxylation sites is 1. The quantitative estimate of drug-likeness (QED) is 0.510. The average Bonchev–Trinajstić information content (AvgIpc) is 2.88. The van der Waals surface area contributed by atoms with Gasteiger partial charge in [0.05, 0.1) is 0 Å². The number of nitrogens with one attached hydrogen (secondary N) is 1. The SMILES string of the molecule is Cc1cnc(Nc2ccc(N3CCN(C)CC3)cc2)nc1N(c1ccccc1)C1CCCCC1. The third-order valence-corrected chi connectivity index (χ3v) is 7.14. The summed E-state index contributed by atoms with van der Waals surface area (Å²) in [6.07, 6.45) is 8.25. The summed E-state index contributed by atoms with van der Waals surface area (Å²) in [6.45, 7) is 6.48. The number of nitrogens with zero attached hydrogens (tertiary/aromatic N) is 5. The van der Waals surface area contributed by atoms with Crippen LogP contribution in [0.25, 0.3) is 0 Å². The number of benzene rings is 2. The van der Waals surface area contributed by atoms with Crippen LogP contribution in [0.1, 0.15) is 37.7 Å². The van der Waals surface area contributed by atoms with E-state index in [0.717, 1.165) is 43.2 Å². The van der Waals surface area contributed by atoms with Gasteiger partial charge >= 0.3 is 0 Å². The van der Waals surface area contributed by atoms with Gasteiger partial charge in [-0.15, -0.1) is 0 Å². The molecule has 2 fully saturated rings. The number of rotatable bonds is 6.